The summed E-state index contributed by atoms with van der Waals surface area (Å²) in [5.74, 6) is 1.25. The number of nitrogens with zero attached hydrogens (tertiary/aromatic N) is 3. The predicted molar refractivity (Wildman–Crippen MR) is 104 cm³/mol. The van der Waals surface area contributed by atoms with Crippen molar-refractivity contribution in [1.29, 1.82) is 0 Å². The van der Waals surface area contributed by atoms with Crippen LogP contribution in [-0.4, -0.2) is 81.2 Å². The zero-order chi connectivity index (χ0) is 19.3. The van der Waals surface area contributed by atoms with E-state index < -0.39 is 10.2 Å². The lowest BCUT2D eigenvalue weighted by Crippen LogP contribution is -2.49. The zero-order valence-electron chi connectivity index (χ0n) is 16.8. The maximum Gasteiger partial charge on any atom is 0.281 e. The monoisotopic (exact) mass is 388 g/mol. The Balaban J connectivity index is 1.72. The Morgan fingerprint density at radius 2 is 1.81 bits per heavy atom. The molecule has 0 aromatic carbocycles. The Labute approximate surface area is 159 Å². The van der Waals surface area contributed by atoms with Crippen LogP contribution in [0.1, 0.15) is 39.5 Å². The van der Waals surface area contributed by atoms with Gasteiger partial charge in [0.1, 0.15) is 0 Å². The average molecular weight is 389 g/mol. The Bertz CT molecular complexity index is 557. The number of hydrogen-bond acceptors (Lipinski definition) is 4. The van der Waals surface area contributed by atoms with Gasteiger partial charge >= 0.3 is 0 Å². The summed E-state index contributed by atoms with van der Waals surface area (Å²) in [7, 11) is -0.378. The van der Waals surface area contributed by atoms with Gasteiger partial charge in [0.2, 0.25) is 5.91 Å². The number of likely N-dealkylation sites (tertiary alicyclic amines) is 1. The minimum Gasteiger partial charge on any atom is -0.356 e. The molecule has 7 nitrogen and oxygen atoms in total. The van der Waals surface area contributed by atoms with Gasteiger partial charge in [-0.1, -0.05) is 13.8 Å². The Kier molecular flexibility index (Phi) is 7.88. The van der Waals surface area contributed by atoms with E-state index in [1.165, 1.54) is 29.1 Å². The van der Waals surface area contributed by atoms with Crippen molar-refractivity contribution in [3.8, 4) is 0 Å². The third-order valence-corrected chi connectivity index (χ3v) is 7.34. The van der Waals surface area contributed by atoms with E-state index in [9.17, 15) is 13.2 Å². The van der Waals surface area contributed by atoms with E-state index >= 15 is 0 Å². The minimum absolute atomic E-state index is 0.0102. The van der Waals surface area contributed by atoms with Crippen LogP contribution in [0.3, 0.4) is 0 Å². The molecule has 0 saturated carbocycles. The number of amides is 1. The lowest BCUT2D eigenvalue weighted by molar-refractivity contribution is -0.126. The number of hydrogen-bond donors (Lipinski definition) is 1. The van der Waals surface area contributed by atoms with E-state index in [2.05, 4.69) is 24.1 Å². The Hall–Kier alpha value is -0.700. The Morgan fingerprint density at radius 3 is 2.42 bits per heavy atom. The first-order valence-electron chi connectivity index (χ1n) is 9.87. The van der Waals surface area contributed by atoms with Crippen LogP contribution in [-0.2, 0) is 15.0 Å². The molecular formula is C18H36N4O3S. The smallest absolute Gasteiger partial charge is 0.281 e. The van der Waals surface area contributed by atoms with Gasteiger partial charge in [-0.2, -0.15) is 17.0 Å². The SMILES string of the molecule is C[C@@H]1C[C@H](C)CN(CCCNC(=O)[C@@H]2CCCN(S(=O)(=O)N(C)C)C2)C1. The van der Waals surface area contributed by atoms with Crippen LogP contribution >= 0.6 is 0 Å². The van der Waals surface area contributed by atoms with Crippen molar-refractivity contribution in [2.45, 2.75) is 39.5 Å². The highest BCUT2D eigenvalue weighted by Gasteiger charge is 2.33. The average Bonchev–Trinajstić information content (AvgIpc) is 2.57. The van der Waals surface area contributed by atoms with Crippen LogP contribution in [0.5, 0.6) is 0 Å². The molecule has 1 N–H and O–H groups in total. The first-order chi connectivity index (χ1) is 12.2. The maximum absolute atomic E-state index is 12.4. The summed E-state index contributed by atoms with van der Waals surface area (Å²) >= 11 is 0. The molecule has 2 aliphatic rings. The fraction of sp³-hybridized carbons (Fsp3) is 0.944. The lowest BCUT2D eigenvalue weighted by Gasteiger charge is -2.35. The van der Waals surface area contributed by atoms with Crippen molar-refractivity contribution < 1.29 is 13.2 Å². The molecule has 2 rings (SSSR count). The van der Waals surface area contributed by atoms with E-state index in [1.807, 2.05) is 0 Å². The molecule has 0 aliphatic carbocycles. The number of carbonyl (C=O) groups is 1. The second-order valence-corrected chi connectivity index (χ2v) is 10.5. The first kappa shape index (κ1) is 21.6. The summed E-state index contributed by atoms with van der Waals surface area (Å²) in [5, 5.41) is 3.01. The van der Waals surface area contributed by atoms with E-state index in [0.29, 0.717) is 13.1 Å². The molecule has 2 aliphatic heterocycles. The minimum atomic E-state index is -3.44. The van der Waals surface area contributed by atoms with Crippen LogP contribution < -0.4 is 5.32 Å². The van der Waals surface area contributed by atoms with E-state index in [-0.39, 0.29) is 18.4 Å². The van der Waals surface area contributed by atoms with E-state index in [0.717, 1.165) is 50.7 Å². The van der Waals surface area contributed by atoms with E-state index in [4.69, 9.17) is 0 Å². The van der Waals surface area contributed by atoms with Gasteiger partial charge in [-0.05, 0) is 44.1 Å². The fourth-order valence-electron chi connectivity index (χ4n) is 4.23. The van der Waals surface area contributed by atoms with Crippen molar-refractivity contribution in [3.63, 3.8) is 0 Å². The molecule has 0 bridgehead atoms. The molecular weight excluding hydrogens is 352 g/mol. The molecule has 0 unspecified atom stereocenters. The summed E-state index contributed by atoms with van der Waals surface area (Å²) < 4.78 is 27.2. The van der Waals surface area contributed by atoms with Crippen LogP contribution in [0.25, 0.3) is 0 Å². The van der Waals surface area contributed by atoms with Crippen molar-refractivity contribution in [1.82, 2.24) is 18.8 Å². The molecule has 2 heterocycles. The van der Waals surface area contributed by atoms with Crippen molar-refractivity contribution in [2.24, 2.45) is 17.8 Å². The normalized spacial score (nSPS) is 29.0. The lowest BCUT2D eigenvalue weighted by atomic mass is 9.92. The fourth-order valence-corrected chi connectivity index (χ4v) is 5.42. The highest BCUT2D eigenvalue weighted by molar-refractivity contribution is 7.86. The maximum atomic E-state index is 12.4. The number of carbonyl (C=O) groups excluding carboxylic acids is 1. The third kappa shape index (κ3) is 5.90. The largest absolute Gasteiger partial charge is 0.356 e. The van der Waals surface area contributed by atoms with Gasteiger partial charge in [-0.15, -0.1) is 0 Å². The molecule has 3 atom stereocenters. The van der Waals surface area contributed by atoms with Crippen LogP contribution in [0.4, 0.5) is 0 Å². The second kappa shape index (κ2) is 9.48. The predicted octanol–water partition coefficient (Wildman–Crippen LogP) is 0.989. The molecule has 0 spiro atoms. The number of piperidine rings is 2. The highest BCUT2D eigenvalue weighted by atomic mass is 32.2. The highest BCUT2D eigenvalue weighted by Crippen LogP contribution is 2.21. The molecule has 0 aromatic heterocycles. The number of nitrogens with one attached hydrogen (secondary N) is 1. The van der Waals surface area contributed by atoms with Crippen LogP contribution in [0.15, 0.2) is 0 Å². The molecule has 26 heavy (non-hydrogen) atoms. The summed E-state index contributed by atoms with van der Waals surface area (Å²) in [6.07, 6.45) is 3.74. The van der Waals surface area contributed by atoms with Gasteiger partial charge in [0, 0.05) is 46.8 Å². The topological polar surface area (TPSA) is 73.0 Å². The van der Waals surface area contributed by atoms with Crippen LogP contribution in [0.2, 0.25) is 0 Å². The second-order valence-electron chi connectivity index (χ2n) is 8.34. The molecule has 0 radical (unpaired) electrons. The quantitative estimate of drug-likeness (QED) is 0.660. The van der Waals surface area contributed by atoms with Gasteiger partial charge in [-0.25, -0.2) is 0 Å². The van der Waals surface area contributed by atoms with Gasteiger partial charge in [0.25, 0.3) is 10.2 Å². The van der Waals surface area contributed by atoms with Crippen molar-refractivity contribution in [3.05, 3.63) is 0 Å². The first-order valence-corrected chi connectivity index (χ1v) is 11.3. The van der Waals surface area contributed by atoms with Gasteiger partial charge in [0.15, 0.2) is 0 Å². The molecule has 0 aromatic rings. The van der Waals surface area contributed by atoms with Gasteiger partial charge in [0.05, 0.1) is 5.92 Å². The molecule has 1 amide bonds. The zero-order valence-corrected chi connectivity index (χ0v) is 17.6. The van der Waals surface area contributed by atoms with Crippen molar-refractivity contribution in [2.75, 3.05) is 53.4 Å². The standard InChI is InChI=1S/C18H36N4O3S/c1-15-11-16(2)13-21(12-15)9-6-8-19-18(23)17-7-5-10-22(14-17)26(24,25)20(3)4/h15-17H,5-14H2,1-4H3,(H,19,23)/t15-,16+,17-/m1/s1. The molecule has 8 heteroatoms. The molecule has 2 saturated heterocycles. The molecule has 2 fully saturated rings. The van der Waals surface area contributed by atoms with Crippen LogP contribution in [0, 0.1) is 17.8 Å². The number of rotatable bonds is 7. The summed E-state index contributed by atoms with van der Waals surface area (Å²) in [5.41, 5.74) is 0. The Morgan fingerprint density at radius 1 is 1.15 bits per heavy atom. The summed E-state index contributed by atoms with van der Waals surface area (Å²) in [6.45, 7) is 9.37. The van der Waals surface area contributed by atoms with Gasteiger partial charge in [-0.3, -0.25) is 4.79 Å². The third-order valence-electron chi connectivity index (χ3n) is 5.44. The van der Waals surface area contributed by atoms with Gasteiger partial charge < -0.3 is 10.2 Å². The molecule has 152 valence electrons. The van der Waals surface area contributed by atoms with Crippen molar-refractivity contribution >= 4 is 16.1 Å². The van der Waals surface area contributed by atoms with E-state index in [1.54, 1.807) is 0 Å². The summed E-state index contributed by atoms with van der Waals surface area (Å²) in [6, 6.07) is 0. The summed E-state index contributed by atoms with van der Waals surface area (Å²) in [4.78, 5) is 14.9.